The number of amides is 1. The summed E-state index contributed by atoms with van der Waals surface area (Å²) in [6, 6.07) is 7.05. The smallest absolute Gasteiger partial charge is 0.227 e. The molecule has 1 aromatic heterocycles. The van der Waals surface area contributed by atoms with E-state index in [0.29, 0.717) is 18.5 Å². The summed E-state index contributed by atoms with van der Waals surface area (Å²) in [5.74, 6) is -1.51. The van der Waals surface area contributed by atoms with Gasteiger partial charge in [0.25, 0.3) is 0 Å². The summed E-state index contributed by atoms with van der Waals surface area (Å²) in [6.45, 7) is 4.27. The number of carbonyl (C=O) groups excluding carboxylic acids is 1. The van der Waals surface area contributed by atoms with Crippen molar-refractivity contribution in [2.45, 2.75) is 26.2 Å². The summed E-state index contributed by atoms with van der Waals surface area (Å²) in [7, 11) is 0. The molecule has 1 atom stereocenters. The van der Waals surface area contributed by atoms with Crippen molar-refractivity contribution in [1.82, 2.24) is 10.3 Å². The van der Waals surface area contributed by atoms with Crippen LogP contribution in [-0.2, 0) is 11.2 Å². The second-order valence-electron chi connectivity index (χ2n) is 5.83. The number of aromatic nitrogens is 1. The molecule has 1 N–H and O–H groups in total. The topological polar surface area (TPSA) is 42.0 Å². The predicted octanol–water partition coefficient (Wildman–Crippen LogP) is 3.46. The van der Waals surface area contributed by atoms with E-state index in [9.17, 15) is 13.6 Å². The van der Waals surface area contributed by atoms with Crippen LogP contribution in [0, 0.1) is 17.6 Å². The summed E-state index contributed by atoms with van der Waals surface area (Å²) in [6.07, 6.45) is 3.72. The normalized spacial score (nSPS) is 12.2. The molecule has 5 heteroatoms. The molecule has 0 saturated heterocycles. The Morgan fingerprint density at radius 2 is 1.91 bits per heavy atom. The fourth-order valence-corrected chi connectivity index (χ4v) is 2.59. The fraction of sp³-hybridized carbons (Fsp3) is 0.333. The molecule has 0 aliphatic rings. The molecule has 0 aliphatic heterocycles. The van der Waals surface area contributed by atoms with Crippen LogP contribution >= 0.6 is 0 Å². The van der Waals surface area contributed by atoms with Crippen LogP contribution in [0.15, 0.2) is 42.7 Å². The van der Waals surface area contributed by atoms with E-state index in [-0.39, 0.29) is 17.7 Å². The molecule has 3 nitrogen and oxygen atoms in total. The monoisotopic (exact) mass is 318 g/mol. The van der Waals surface area contributed by atoms with Gasteiger partial charge in [-0.25, -0.2) is 8.78 Å². The average molecular weight is 318 g/mol. The van der Waals surface area contributed by atoms with Gasteiger partial charge >= 0.3 is 0 Å². The minimum absolute atomic E-state index is 0.107. The molecule has 0 radical (unpaired) electrons. The van der Waals surface area contributed by atoms with Gasteiger partial charge in [-0.2, -0.15) is 0 Å². The standard InChI is InChI=1S/C18H20F2N2O/c1-12(2)17(14-4-3-6-21-11-14)18(23)22-7-5-13-8-15(19)10-16(20)9-13/h3-4,6,8-12,17H,5,7H2,1-2H3,(H,22,23)/t17-/m1/s1. The summed E-state index contributed by atoms with van der Waals surface area (Å²) in [4.78, 5) is 16.5. The second-order valence-corrected chi connectivity index (χ2v) is 5.83. The number of rotatable bonds is 6. The van der Waals surface area contributed by atoms with Crippen LogP contribution in [0.4, 0.5) is 8.78 Å². The van der Waals surface area contributed by atoms with Gasteiger partial charge in [0.15, 0.2) is 0 Å². The molecular weight excluding hydrogens is 298 g/mol. The molecule has 122 valence electrons. The minimum Gasteiger partial charge on any atom is -0.355 e. The van der Waals surface area contributed by atoms with E-state index in [1.807, 2.05) is 19.9 Å². The van der Waals surface area contributed by atoms with Crippen molar-refractivity contribution in [3.8, 4) is 0 Å². The van der Waals surface area contributed by atoms with Crippen molar-refractivity contribution in [2.75, 3.05) is 6.54 Å². The predicted molar refractivity (Wildman–Crippen MR) is 84.9 cm³/mol. The molecule has 0 unspecified atom stereocenters. The number of benzene rings is 1. The number of halogens is 2. The Hall–Kier alpha value is -2.30. The van der Waals surface area contributed by atoms with Gasteiger partial charge in [0, 0.05) is 25.0 Å². The van der Waals surface area contributed by atoms with Gasteiger partial charge in [0.1, 0.15) is 11.6 Å². The zero-order chi connectivity index (χ0) is 16.8. The van der Waals surface area contributed by atoms with Crippen LogP contribution in [0.2, 0.25) is 0 Å². The Morgan fingerprint density at radius 1 is 1.22 bits per heavy atom. The Morgan fingerprint density at radius 3 is 2.48 bits per heavy atom. The summed E-state index contributed by atoms with van der Waals surface area (Å²) < 4.78 is 26.3. The van der Waals surface area contributed by atoms with Crippen LogP contribution in [0.25, 0.3) is 0 Å². The molecule has 2 aromatic rings. The number of hydrogen-bond acceptors (Lipinski definition) is 2. The van der Waals surface area contributed by atoms with Gasteiger partial charge < -0.3 is 5.32 Å². The summed E-state index contributed by atoms with van der Waals surface area (Å²) in [5.41, 5.74) is 1.38. The zero-order valence-corrected chi connectivity index (χ0v) is 13.2. The van der Waals surface area contributed by atoms with Crippen molar-refractivity contribution < 1.29 is 13.6 Å². The molecule has 0 aliphatic carbocycles. The van der Waals surface area contributed by atoms with E-state index in [1.54, 1.807) is 18.5 Å². The summed E-state index contributed by atoms with van der Waals surface area (Å²) >= 11 is 0. The number of nitrogens with one attached hydrogen (secondary N) is 1. The third kappa shape index (κ3) is 4.84. The first kappa shape index (κ1) is 17.1. The largest absolute Gasteiger partial charge is 0.355 e. The van der Waals surface area contributed by atoms with Gasteiger partial charge in [-0.15, -0.1) is 0 Å². The van der Waals surface area contributed by atoms with Crippen molar-refractivity contribution in [2.24, 2.45) is 5.92 Å². The highest BCUT2D eigenvalue weighted by molar-refractivity contribution is 5.83. The van der Waals surface area contributed by atoms with Crippen LogP contribution in [0.5, 0.6) is 0 Å². The highest BCUT2D eigenvalue weighted by Gasteiger charge is 2.23. The maximum atomic E-state index is 13.1. The molecule has 0 fully saturated rings. The van der Waals surface area contributed by atoms with Crippen molar-refractivity contribution in [3.05, 3.63) is 65.5 Å². The quantitative estimate of drug-likeness (QED) is 0.886. The van der Waals surface area contributed by atoms with E-state index in [2.05, 4.69) is 10.3 Å². The summed E-state index contributed by atoms with van der Waals surface area (Å²) in [5, 5.41) is 2.84. The Bertz CT molecular complexity index is 639. The van der Waals surface area contributed by atoms with Crippen molar-refractivity contribution in [3.63, 3.8) is 0 Å². The third-order valence-corrected chi connectivity index (χ3v) is 3.63. The SMILES string of the molecule is CC(C)[C@@H](C(=O)NCCc1cc(F)cc(F)c1)c1cccnc1. The van der Waals surface area contributed by atoms with E-state index in [0.717, 1.165) is 11.6 Å². The minimum atomic E-state index is -0.609. The lowest BCUT2D eigenvalue weighted by Crippen LogP contribution is -2.33. The molecule has 0 spiro atoms. The molecule has 0 saturated carbocycles. The lowest BCUT2D eigenvalue weighted by atomic mass is 9.88. The highest BCUT2D eigenvalue weighted by atomic mass is 19.1. The van der Waals surface area contributed by atoms with E-state index >= 15 is 0 Å². The fourth-order valence-electron chi connectivity index (χ4n) is 2.59. The molecule has 1 amide bonds. The van der Waals surface area contributed by atoms with Crippen LogP contribution in [0.3, 0.4) is 0 Å². The Balaban J connectivity index is 1.97. The van der Waals surface area contributed by atoms with E-state index in [1.165, 1.54) is 12.1 Å². The Kier molecular flexibility index (Phi) is 5.79. The molecule has 2 rings (SSSR count). The first-order valence-electron chi connectivity index (χ1n) is 7.60. The van der Waals surface area contributed by atoms with Gasteiger partial charge in [0.05, 0.1) is 5.92 Å². The van der Waals surface area contributed by atoms with E-state index < -0.39 is 11.6 Å². The first-order chi connectivity index (χ1) is 11.0. The van der Waals surface area contributed by atoms with Crippen LogP contribution in [0.1, 0.15) is 30.9 Å². The molecule has 1 aromatic carbocycles. The Labute approximate surface area is 134 Å². The lowest BCUT2D eigenvalue weighted by Gasteiger charge is -2.20. The first-order valence-corrected chi connectivity index (χ1v) is 7.60. The number of nitrogens with zero attached hydrogens (tertiary/aromatic N) is 1. The number of carbonyl (C=O) groups is 1. The lowest BCUT2D eigenvalue weighted by molar-refractivity contribution is -0.123. The maximum Gasteiger partial charge on any atom is 0.227 e. The van der Waals surface area contributed by atoms with Gasteiger partial charge in [-0.05, 0) is 41.7 Å². The van der Waals surface area contributed by atoms with E-state index in [4.69, 9.17) is 0 Å². The third-order valence-electron chi connectivity index (χ3n) is 3.63. The molecule has 0 bridgehead atoms. The van der Waals surface area contributed by atoms with Crippen molar-refractivity contribution in [1.29, 1.82) is 0 Å². The molecule has 1 heterocycles. The highest BCUT2D eigenvalue weighted by Crippen LogP contribution is 2.23. The average Bonchev–Trinajstić information content (AvgIpc) is 2.47. The van der Waals surface area contributed by atoms with Gasteiger partial charge in [0.2, 0.25) is 5.91 Å². The van der Waals surface area contributed by atoms with Crippen LogP contribution in [-0.4, -0.2) is 17.4 Å². The number of hydrogen-bond donors (Lipinski definition) is 1. The molecular formula is C18H20F2N2O. The zero-order valence-electron chi connectivity index (χ0n) is 13.2. The molecule has 23 heavy (non-hydrogen) atoms. The number of pyridine rings is 1. The maximum absolute atomic E-state index is 13.1. The second kappa shape index (κ2) is 7.81. The van der Waals surface area contributed by atoms with Crippen LogP contribution < -0.4 is 5.32 Å². The van der Waals surface area contributed by atoms with Gasteiger partial charge in [-0.3, -0.25) is 9.78 Å². The van der Waals surface area contributed by atoms with Gasteiger partial charge in [-0.1, -0.05) is 19.9 Å². The van der Waals surface area contributed by atoms with Crippen molar-refractivity contribution >= 4 is 5.91 Å².